The molecule has 0 unspecified atom stereocenters. The lowest BCUT2D eigenvalue weighted by molar-refractivity contribution is 0.477. The Balaban J connectivity index is 2.22. The molecule has 0 spiro atoms. The second-order valence-electron chi connectivity index (χ2n) is 3.37. The third-order valence-corrected chi connectivity index (χ3v) is 2.99. The van der Waals surface area contributed by atoms with Crippen LogP contribution < -0.4 is 4.74 Å². The number of rotatable bonds is 3. The van der Waals surface area contributed by atoms with Gasteiger partial charge in [-0.2, -0.15) is 9.36 Å². The van der Waals surface area contributed by atoms with E-state index >= 15 is 0 Å². The fourth-order valence-corrected chi connectivity index (χ4v) is 1.99. The van der Waals surface area contributed by atoms with Crippen molar-refractivity contribution < 1.29 is 4.74 Å². The predicted molar refractivity (Wildman–Crippen MR) is 65.6 cm³/mol. The zero-order valence-electron chi connectivity index (χ0n) is 9.03. The predicted octanol–water partition coefficient (Wildman–Crippen LogP) is 3.85. The maximum Gasteiger partial charge on any atom is 0.298 e. The highest BCUT2D eigenvalue weighted by Gasteiger charge is 2.07. The molecule has 3 nitrogen and oxygen atoms in total. The molecule has 0 saturated heterocycles. The maximum absolute atomic E-state index is 6.02. The van der Waals surface area contributed by atoms with Crippen molar-refractivity contribution in [1.29, 1.82) is 0 Å². The third kappa shape index (κ3) is 2.51. The summed E-state index contributed by atoms with van der Waals surface area (Å²) in [6.45, 7) is 3.99. The summed E-state index contributed by atoms with van der Waals surface area (Å²) in [7, 11) is 0. The van der Waals surface area contributed by atoms with Gasteiger partial charge in [0.15, 0.2) is 0 Å². The minimum Gasteiger partial charge on any atom is -0.428 e. The highest BCUT2D eigenvalue weighted by Crippen LogP contribution is 2.30. The Kier molecular flexibility index (Phi) is 3.41. The van der Waals surface area contributed by atoms with Crippen molar-refractivity contribution in [3.8, 4) is 10.9 Å². The van der Waals surface area contributed by atoms with Crippen LogP contribution in [0.2, 0.25) is 5.02 Å². The van der Waals surface area contributed by atoms with E-state index in [0.29, 0.717) is 16.0 Å². The summed E-state index contributed by atoms with van der Waals surface area (Å²) in [5, 5.41) is 1.11. The number of nitrogens with zero attached hydrogens (tertiary/aromatic N) is 2. The summed E-state index contributed by atoms with van der Waals surface area (Å²) >= 11 is 7.26. The number of benzene rings is 1. The molecule has 1 aromatic carbocycles. The zero-order valence-corrected chi connectivity index (χ0v) is 10.6. The van der Waals surface area contributed by atoms with Gasteiger partial charge in [0.05, 0.1) is 5.02 Å². The largest absolute Gasteiger partial charge is 0.428 e. The first-order valence-corrected chi connectivity index (χ1v) is 6.10. The van der Waals surface area contributed by atoms with Gasteiger partial charge in [-0.05, 0) is 24.6 Å². The van der Waals surface area contributed by atoms with E-state index in [4.69, 9.17) is 16.3 Å². The van der Waals surface area contributed by atoms with Gasteiger partial charge in [0.1, 0.15) is 11.6 Å². The lowest BCUT2D eigenvalue weighted by Crippen LogP contribution is -1.87. The zero-order chi connectivity index (χ0) is 11.5. The molecule has 2 aromatic rings. The van der Waals surface area contributed by atoms with Gasteiger partial charge in [0.2, 0.25) is 0 Å². The topological polar surface area (TPSA) is 35.0 Å². The van der Waals surface area contributed by atoms with Gasteiger partial charge in [0.25, 0.3) is 5.19 Å². The molecule has 1 aromatic heterocycles. The molecule has 16 heavy (non-hydrogen) atoms. The van der Waals surface area contributed by atoms with Crippen molar-refractivity contribution in [1.82, 2.24) is 9.36 Å². The SMILES string of the molecule is CCc1nsc(Oc2cc(C)ccc2Cl)n1. The Morgan fingerprint density at radius 1 is 1.44 bits per heavy atom. The van der Waals surface area contributed by atoms with Crippen LogP contribution in [0.25, 0.3) is 0 Å². The third-order valence-electron chi connectivity index (χ3n) is 2.05. The molecule has 1 heterocycles. The molecule has 0 amide bonds. The summed E-state index contributed by atoms with van der Waals surface area (Å²) in [6, 6.07) is 5.64. The number of aryl methyl sites for hydroxylation is 2. The number of aromatic nitrogens is 2. The van der Waals surface area contributed by atoms with Crippen molar-refractivity contribution in [3.05, 3.63) is 34.6 Å². The van der Waals surface area contributed by atoms with E-state index < -0.39 is 0 Å². The smallest absolute Gasteiger partial charge is 0.298 e. The normalized spacial score (nSPS) is 10.4. The summed E-state index contributed by atoms with van der Waals surface area (Å²) < 4.78 is 9.73. The molecule has 0 N–H and O–H groups in total. The summed E-state index contributed by atoms with van der Waals surface area (Å²) in [4.78, 5) is 4.22. The average Bonchev–Trinajstić information content (AvgIpc) is 2.71. The molecular weight excluding hydrogens is 244 g/mol. The van der Waals surface area contributed by atoms with E-state index in [1.807, 2.05) is 32.0 Å². The number of hydrogen-bond acceptors (Lipinski definition) is 4. The molecule has 0 atom stereocenters. The molecule has 0 fully saturated rings. The minimum atomic E-state index is 0.532. The Morgan fingerprint density at radius 2 is 2.25 bits per heavy atom. The Bertz CT molecular complexity index is 498. The van der Waals surface area contributed by atoms with Crippen LogP contribution >= 0.6 is 23.1 Å². The van der Waals surface area contributed by atoms with Gasteiger partial charge in [-0.15, -0.1) is 0 Å². The molecule has 0 saturated carbocycles. The van der Waals surface area contributed by atoms with E-state index in [2.05, 4.69) is 9.36 Å². The molecule has 84 valence electrons. The number of hydrogen-bond donors (Lipinski definition) is 0. The number of halogens is 1. The fraction of sp³-hybridized carbons (Fsp3) is 0.273. The van der Waals surface area contributed by atoms with Gasteiger partial charge in [0, 0.05) is 18.0 Å². The van der Waals surface area contributed by atoms with Gasteiger partial charge in [-0.1, -0.05) is 24.6 Å². The Labute approximate surface area is 103 Å². The van der Waals surface area contributed by atoms with Gasteiger partial charge >= 0.3 is 0 Å². The number of ether oxygens (including phenoxy) is 1. The summed E-state index contributed by atoms with van der Waals surface area (Å²) in [5.41, 5.74) is 1.10. The minimum absolute atomic E-state index is 0.532. The monoisotopic (exact) mass is 254 g/mol. The Hall–Kier alpha value is -1.13. The highest BCUT2D eigenvalue weighted by molar-refractivity contribution is 7.07. The van der Waals surface area contributed by atoms with Crippen molar-refractivity contribution >= 4 is 23.1 Å². The van der Waals surface area contributed by atoms with Crippen molar-refractivity contribution in [2.45, 2.75) is 20.3 Å². The quantitative estimate of drug-likeness (QED) is 0.834. The second kappa shape index (κ2) is 4.80. The molecule has 5 heteroatoms. The van der Waals surface area contributed by atoms with E-state index in [9.17, 15) is 0 Å². The molecule has 2 rings (SSSR count). The summed E-state index contributed by atoms with van der Waals surface area (Å²) in [5.74, 6) is 1.42. The molecular formula is C11H11ClN2OS. The molecule has 0 radical (unpaired) electrons. The van der Waals surface area contributed by atoms with Crippen LogP contribution in [-0.2, 0) is 6.42 Å². The second-order valence-corrected chi connectivity index (χ2v) is 4.49. The molecule has 0 aliphatic heterocycles. The standard InChI is InChI=1S/C11H11ClN2OS/c1-3-10-13-11(16-14-10)15-9-6-7(2)4-5-8(9)12/h4-6H,3H2,1-2H3. The van der Waals surface area contributed by atoms with Gasteiger partial charge in [-0.3, -0.25) is 0 Å². The first kappa shape index (κ1) is 11.4. The lowest BCUT2D eigenvalue weighted by Gasteiger charge is -2.04. The van der Waals surface area contributed by atoms with Gasteiger partial charge in [-0.25, -0.2) is 0 Å². The maximum atomic E-state index is 6.02. The molecule has 0 bridgehead atoms. The van der Waals surface area contributed by atoms with Crippen LogP contribution in [0.5, 0.6) is 10.9 Å². The van der Waals surface area contributed by atoms with Crippen LogP contribution in [0.3, 0.4) is 0 Å². The first-order valence-electron chi connectivity index (χ1n) is 4.95. The van der Waals surface area contributed by atoms with Crippen LogP contribution in [0.15, 0.2) is 18.2 Å². The fourth-order valence-electron chi connectivity index (χ4n) is 1.21. The van der Waals surface area contributed by atoms with Gasteiger partial charge < -0.3 is 4.74 Å². The van der Waals surface area contributed by atoms with E-state index in [1.54, 1.807) is 0 Å². The van der Waals surface area contributed by atoms with Crippen molar-refractivity contribution in [3.63, 3.8) is 0 Å². The van der Waals surface area contributed by atoms with Crippen LogP contribution in [-0.4, -0.2) is 9.36 Å². The van der Waals surface area contributed by atoms with Crippen LogP contribution in [0, 0.1) is 6.92 Å². The molecule has 0 aliphatic carbocycles. The van der Waals surface area contributed by atoms with E-state index in [0.717, 1.165) is 17.8 Å². The lowest BCUT2D eigenvalue weighted by atomic mass is 10.2. The van der Waals surface area contributed by atoms with Crippen LogP contribution in [0.1, 0.15) is 18.3 Å². The molecule has 0 aliphatic rings. The highest BCUT2D eigenvalue weighted by atomic mass is 35.5. The Morgan fingerprint density at radius 3 is 2.94 bits per heavy atom. The first-order chi connectivity index (χ1) is 7.69. The summed E-state index contributed by atoms with van der Waals surface area (Å²) in [6.07, 6.45) is 0.807. The van der Waals surface area contributed by atoms with Crippen molar-refractivity contribution in [2.75, 3.05) is 0 Å². The van der Waals surface area contributed by atoms with E-state index in [-0.39, 0.29) is 0 Å². The average molecular weight is 255 g/mol. The van der Waals surface area contributed by atoms with E-state index in [1.165, 1.54) is 11.5 Å². The van der Waals surface area contributed by atoms with Crippen LogP contribution in [0.4, 0.5) is 0 Å². The van der Waals surface area contributed by atoms with Crippen molar-refractivity contribution in [2.24, 2.45) is 0 Å².